The normalized spacial score (nSPS) is 9.19. The van der Waals surface area contributed by atoms with Crippen LogP contribution in [-0.4, -0.2) is 18.9 Å². The second-order valence-electron chi connectivity index (χ2n) is 3.15. The van der Waals surface area contributed by atoms with Gasteiger partial charge in [-0.15, -0.1) is 12.3 Å². The first-order valence-electron chi connectivity index (χ1n) is 4.94. The quantitative estimate of drug-likeness (QED) is 0.327. The Labute approximate surface area is 94.4 Å². The molecule has 0 unspecified atom stereocenters. The maximum atomic E-state index is 11.6. The maximum absolute atomic E-state index is 11.6. The van der Waals surface area contributed by atoms with Crippen LogP contribution in [0.3, 0.4) is 0 Å². The van der Waals surface area contributed by atoms with Crippen molar-refractivity contribution in [2.24, 2.45) is 0 Å². The Hall–Kier alpha value is -2.08. The van der Waals surface area contributed by atoms with Gasteiger partial charge in [0.1, 0.15) is 0 Å². The predicted octanol–water partition coefficient (Wildman–Crippen LogP) is 2.07. The van der Waals surface area contributed by atoms with E-state index in [0.717, 1.165) is 0 Å². The van der Waals surface area contributed by atoms with Crippen molar-refractivity contribution in [1.29, 1.82) is 0 Å². The zero-order chi connectivity index (χ0) is 11.8. The molecule has 0 saturated carbocycles. The van der Waals surface area contributed by atoms with Gasteiger partial charge in [-0.05, 0) is 12.5 Å². The van der Waals surface area contributed by atoms with E-state index in [1.165, 1.54) is 0 Å². The molecular formula is C13H12O3. The van der Waals surface area contributed by atoms with Gasteiger partial charge in [-0.2, -0.15) is 0 Å². The third-order valence-corrected chi connectivity index (χ3v) is 2.01. The highest BCUT2D eigenvalue weighted by Crippen LogP contribution is 2.08. The van der Waals surface area contributed by atoms with Crippen LogP contribution >= 0.6 is 0 Å². The molecule has 0 aromatic heterocycles. The second-order valence-corrected chi connectivity index (χ2v) is 3.15. The van der Waals surface area contributed by atoms with Gasteiger partial charge >= 0.3 is 5.97 Å². The minimum absolute atomic E-state index is 0.274. The summed E-state index contributed by atoms with van der Waals surface area (Å²) in [5, 5.41) is 0. The highest BCUT2D eigenvalue weighted by Gasteiger charge is 2.10. The van der Waals surface area contributed by atoms with Crippen LogP contribution < -0.4 is 0 Å². The first kappa shape index (κ1) is 12.0. The Morgan fingerprint density at radius 3 is 2.88 bits per heavy atom. The molecule has 1 aromatic rings. The zero-order valence-electron chi connectivity index (χ0n) is 8.81. The molecule has 0 heterocycles. The molecule has 0 spiro atoms. The molecule has 0 bridgehead atoms. The Morgan fingerprint density at radius 1 is 1.44 bits per heavy atom. The molecule has 1 aromatic carbocycles. The largest absolute Gasteiger partial charge is 0.462 e. The lowest BCUT2D eigenvalue weighted by atomic mass is 10.1. The molecule has 0 amide bonds. The minimum Gasteiger partial charge on any atom is -0.462 e. The number of carbonyl (C=O) groups excluding carboxylic acids is 2. The molecule has 0 atom stereocenters. The van der Waals surface area contributed by atoms with E-state index in [1.807, 2.05) is 0 Å². The van der Waals surface area contributed by atoms with Crippen LogP contribution in [-0.2, 0) is 4.74 Å². The molecule has 0 aliphatic rings. The Bertz CT molecular complexity index is 415. The summed E-state index contributed by atoms with van der Waals surface area (Å²) in [6, 6.07) is 6.52. The average Bonchev–Trinajstić information content (AvgIpc) is 2.34. The summed E-state index contributed by atoms with van der Waals surface area (Å²) < 4.78 is 4.98. The molecule has 3 heteroatoms. The van der Waals surface area contributed by atoms with Gasteiger partial charge in [-0.1, -0.05) is 18.2 Å². The van der Waals surface area contributed by atoms with Crippen LogP contribution in [0.1, 0.15) is 33.6 Å². The minimum atomic E-state index is -0.486. The van der Waals surface area contributed by atoms with E-state index in [-0.39, 0.29) is 6.61 Å². The van der Waals surface area contributed by atoms with Crippen LogP contribution in [0.2, 0.25) is 0 Å². The van der Waals surface area contributed by atoms with Gasteiger partial charge in [-0.3, -0.25) is 4.79 Å². The van der Waals surface area contributed by atoms with Crippen LogP contribution in [0.5, 0.6) is 0 Å². The van der Waals surface area contributed by atoms with Crippen molar-refractivity contribution in [3.05, 3.63) is 35.4 Å². The first-order valence-corrected chi connectivity index (χ1v) is 4.94. The van der Waals surface area contributed by atoms with Gasteiger partial charge in [0.2, 0.25) is 0 Å². The summed E-state index contributed by atoms with van der Waals surface area (Å²) in [5.41, 5.74) is 0.627. The number of carbonyl (C=O) groups is 2. The molecule has 0 aliphatic heterocycles. The van der Waals surface area contributed by atoms with Crippen molar-refractivity contribution < 1.29 is 14.3 Å². The molecule has 0 N–H and O–H groups in total. The number of esters is 1. The molecule has 0 radical (unpaired) electrons. The number of benzene rings is 1. The number of unbranched alkanes of at least 4 members (excludes halogenated alkanes) is 1. The number of ether oxygens (including phenoxy) is 1. The summed E-state index contributed by atoms with van der Waals surface area (Å²) in [7, 11) is 0. The van der Waals surface area contributed by atoms with E-state index in [2.05, 4.69) is 5.92 Å². The number of hydrogen-bond acceptors (Lipinski definition) is 3. The van der Waals surface area contributed by atoms with Gasteiger partial charge in [0.15, 0.2) is 6.29 Å². The van der Waals surface area contributed by atoms with Crippen molar-refractivity contribution in [2.75, 3.05) is 6.61 Å². The third-order valence-electron chi connectivity index (χ3n) is 2.01. The first-order chi connectivity index (χ1) is 7.79. The fourth-order valence-electron chi connectivity index (χ4n) is 1.20. The molecule has 0 fully saturated rings. The lowest BCUT2D eigenvalue weighted by Gasteiger charge is -2.05. The SMILES string of the molecule is C#CCCCOC(=O)c1ccccc1C=O. The number of aldehydes is 1. The molecule has 82 valence electrons. The van der Waals surface area contributed by atoms with Gasteiger partial charge in [0, 0.05) is 12.0 Å². The molecule has 3 nitrogen and oxygen atoms in total. The third kappa shape index (κ3) is 3.25. The van der Waals surface area contributed by atoms with E-state index in [9.17, 15) is 9.59 Å². The highest BCUT2D eigenvalue weighted by atomic mass is 16.5. The number of hydrogen-bond donors (Lipinski definition) is 0. The van der Waals surface area contributed by atoms with Gasteiger partial charge in [0.05, 0.1) is 12.2 Å². The van der Waals surface area contributed by atoms with E-state index in [0.29, 0.717) is 30.3 Å². The summed E-state index contributed by atoms with van der Waals surface area (Å²) in [4.78, 5) is 22.2. The van der Waals surface area contributed by atoms with E-state index < -0.39 is 5.97 Å². The van der Waals surface area contributed by atoms with E-state index in [1.54, 1.807) is 24.3 Å². The smallest absolute Gasteiger partial charge is 0.338 e. The zero-order valence-corrected chi connectivity index (χ0v) is 8.81. The summed E-state index contributed by atoms with van der Waals surface area (Å²) >= 11 is 0. The average molecular weight is 216 g/mol. The van der Waals surface area contributed by atoms with Gasteiger partial charge in [0.25, 0.3) is 0 Å². The summed E-state index contributed by atoms with van der Waals surface area (Å²) in [5.74, 6) is 1.97. The summed E-state index contributed by atoms with van der Waals surface area (Å²) in [6.45, 7) is 0.274. The van der Waals surface area contributed by atoms with E-state index in [4.69, 9.17) is 11.2 Å². The molecule has 0 aliphatic carbocycles. The van der Waals surface area contributed by atoms with Crippen molar-refractivity contribution in [1.82, 2.24) is 0 Å². The van der Waals surface area contributed by atoms with Crippen LogP contribution in [0, 0.1) is 12.3 Å². The van der Waals surface area contributed by atoms with Crippen LogP contribution in [0.15, 0.2) is 24.3 Å². The molecule has 16 heavy (non-hydrogen) atoms. The second kappa shape index (κ2) is 6.41. The standard InChI is InChI=1S/C13H12O3/c1-2-3-6-9-16-13(15)12-8-5-4-7-11(12)10-14/h1,4-5,7-8,10H,3,6,9H2. The number of terminal acetylenes is 1. The van der Waals surface area contributed by atoms with Crippen LogP contribution in [0.25, 0.3) is 0 Å². The lowest BCUT2D eigenvalue weighted by Crippen LogP contribution is -2.08. The molecule has 0 saturated heterocycles. The van der Waals surface area contributed by atoms with Crippen molar-refractivity contribution in [2.45, 2.75) is 12.8 Å². The fraction of sp³-hybridized carbons (Fsp3) is 0.231. The van der Waals surface area contributed by atoms with Crippen LogP contribution in [0.4, 0.5) is 0 Å². The Morgan fingerprint density at radius 2 is 2.19 bits per heavy atom. The Balaban J connectivity index is 2.59. The molecule has 1 rings (SSSR count). The summed E-state index contributed by atoms with van der Waals surface area (Å²) in [6.07, 6.45) is 6.90. The highest BCUT2D eigenvalue weighted by molar-refractivity contribution is 5.98. The Kier molecular flexibility index (Phi) is 4.81. The topological polar surface area (TPSA) is 43.4 Å². The van der Waals surface area contributed by atoms with Crippen molar-refractivity contribution >= 4 is 12.3 Å². The molecular weight excluding hydrogens is 204 g/mol. The number of rotatable bonds is 5. The lowest BCUT2D eigenvalue weighted by molar-refractivity contribution is 0.0500. The van der Waals surface area contributed by atoms with Gasteiger partial charge in [-0.25, -0.2) is 4.79 Å². The predicted molar refractivity (Wildman–Crippen MR) is 60.2 cm³/mol. The van der Waals surface area contributed by atoms with Gasteiger partial charge < -0.3 is 4.74 Å². The maximum Gasteiger partial charge on any atom is 0.338 e. The fourth-order valence-corrected chi connectivity index (χ4v) is 1.20. The van der Waals surface area contributed by atoms with E-state index >= 15 is 0 Å². The van der Waals surface area contributed by atoms with Crippen molar-refractivity contribution in [3.63, 3.8) is 0 Å². The van der Waals surface area contributed by atoms with Crippen molar-refractivity contribution in [3.8, 4) is 12.3 Å². The monoisotopic (exact) mass is 216 g/mol.